The fourth-order valence-electron chi connectivity index (χ4n) is 1.30. The maximum Gasteiger partial charge on any atom is 0.138 e. The molecule has 0 bridgehead atoms. The Balaban J connectivity index is 2.27. The fraction of sp³-hybridized carbons (Fsp3) is 0.462. The number of benzene rings is 1. The third-order valence-corrected chi connectivity index (χ3v) is 2.68. The van der Waals surface area contributed by atoms with Crippen LogP contribution in [0.3, 0.4) is 0 Å². The number of nitriles is 1. The van der Waals surface area contributed by atoms with Crippen LogP contribution in [0.2, 0.25) is 0 Å². The maximum absolute atomic E-state index is 8.93. The Hall–Kier alpha value is -1.09. The van der Waals surface area contributed by atoms with Crippen molar-refractivity contribution in [3.8, 4) is 11.8 Å². The lowest BCUT2D eigenvalue weighted by molar-refractivity contribution is 0.0644. The van der Waals surface area contributed by atoms with Gasteiger partial charge in [0.1, 0.15) is 11.8 Å². The summed E-state index contributed by atoms with van der Waals surface area (Å²) in [4.78, 5) is 0. The minimum Gasteiger partial charge on any atom is -0.492 e. The summed E-state index contributed by atoms with van der Waals surface area (Å²) in [7, 11) is 1.64. The predicted octanol–water partition coefficient (Wildman–Crippen LogP) is 2.75. The van der Waals surface area contributed by atoms with Gasteiger partial charge in [-0.3, -0.25) is 0 Å². The Labute approximate surface area is 116 Å². The lowest BCUT2D eigenvalue weighted by Gasteiger charge is -2.08. The van der Waals surface area contributed by atoms with Crippen LogP contribution in [0.4, 0.5) is 0 Å². The van der Waals surface area contributed by atoms with Crippen molar-refractivity contribution in [3.05, 3.63) is 28.2 Å². The Morgan fingerprint density at radius 2 is 2.06 bits per heavy atom. The lowest BCUT2D eigenvalue weighted by Crippen LogP contribution is -2.07. The fourth-order valence-corrected chi connectivity index (χ4v) is 1.64. The number of ether oxygens (including phenoxy) is 3. The SMILES string of the molecule is COCCOCCCOc1cc(Br)ccc1C#N. The summed E-state index contributed by atoms with van der Waals surface area (Å²) in [5.41, 5.74) is 0.540. The Morgan fingerprint density at radius 3 is 2.78 bits per heavy atom. The number of hydrogen-bond donors (Lipinski definition) is 0. The first-order valence-corrected chi connectivity index (χ1v) is 6.46. The van der Waals surface area contributed by atoms with Crippen molar-refractivity contribution in [1.29, 1.82) is 5.26 Å². The smallest absolute Gasteiger partial charge is 0.138 e. The molecule has 0 aromatic heterocycles. The number of methoxy groups -OCH3 is 1. The van der Waals surface area contributed by atoms with E-state index in [2.05, 4.69) is 22.0 Å². The third-order valence-electron chi connectivity index (χ3n) is 2.19. The first-order chi connectivity index (χ1) is 8.77. The molecule has 0 atom stereocenters. The molecule has 5 heteroatoms. The van der Waals surface area contributed by atoms with E-state index in [4.69, 9.17) is 19.5 Å². The van der Waals surface area contributed by atoms with Crippen LogP contribution in [-0.2, 0) is 9.47 Å². The Kier molecular flexibility index (Phi) is 7.42. The highest BCUT2D eigenvalue weighted by molar-refractivity contribution is 9.10. The highest BCUT2D eigenvalue weighted by Crippen LogP contribution is 2.23. The monoisotopic (exact) mass is 313 g/mol. The summed E-state index contributed by atoms with van der Waals surface area (Å²) in [6.45, 7) is 2.35. The summed E-state index contributed by atoms with van der Waals surface area (Å²) in [5, 5.41) is 8.93. The van der Waals surface area contributed by atoms with Crippen molar-refractivity contribution in [3.63, 3.8) is 0 Å². The molecule has 0 aliphatic heterocycles. The highest BCUT2D eigenvalue weighted by Gasteiger charge is 2.03. The van der Waals surface area contributed by atoms with E-state index in [1.807, 2.05) is 6.07 Å². The van der Waals surface area contributed by atoms with Gasteiger partial charge in [0.25, 0.3) is 0 Å². The summed E-state index contributed by atoms with van der Waals surface area (Å²) in [6, 6.07) is 7.44. The Morgan fingerprint density at radius 1 is 1.22 bits per heavy atom. The number of hydrogen-bond acceptors (Lipinski definition) is 4. The molecule has 98 valence electrons. The van der Waals surface area contributed by atoms with E-state index in [1.165, 1.54) is 0 Å². The minimum absolute atomic E-state index is 0.526. The van der Waals surface area contributed by atoms with Crippen molar-refractivity contribution < 1.29 is 14.2 Å². The maximum atomic E-state index is 8.93. The second-order valence-corrected chi connectivity index (χ2v) is 4.48. The molecule has 0 saturated heterocycles. The van der Waals surface area contributed by atoms with Gasteiger partial charge in [0, 0.05) is 24.6 Å². The molecule has 0 radical (unpaired) electrons. The quantitative estimate of drug-likeness (QED) is 0.692. The van der Waals surface area contributed by atoms with Crippen molar-refractivity contribution >= 4 is 15.9 Å². The zero-order chi connectivity index (χ0) is 13.2. The van der Waals surface area contributed by atoms with E-state index in [9.17, 15) is 0 Å². The molecule has 0 aliphatic rings. The van der Waals surface area contributed by atoms with Gasteiger partial charge in [-0.2, -0.15) is 5.26 Å². The van der Waals surface area contributed by atoms with Gasteiger partial charge >= 0.3 is 0 Å². The first kappa shape index (κ1) is 15.0. The molecule has 0 heterocycles. The molecule has 0 spiro atoms. The molecular formula is C13H16BrNO3. The zero-order valence-corrected chi connectivity index (χ0v) is 11.9. The molecule has 0 unspecified atom stereocenters. The molecule has 1 rings (SSSR count). The number of rotatable bonds is 8. The average molecular weight is 314 g/mol. The summed E-state index contributed by atoms with van der Waals surface area (Å²) in [5.74, 6) is 0.601. The molecule has 1 aromatic carbocycles. The lowest BCUT2D eigenvalue weighted by atomic mass is 10.2. The van der Waals surface area contributed by atoms with E-state index in [-0.39, 0.29) is 0 Å². The summed E-state index contributed by atoms with van der Waals surface area (Å²) < 4.78 is 16.6. The molecule has 1 aromatic rings. The normalized spacial score (nSPS) is 10.1. The van der Waals surface area contributed by atoms with Crippen molar-refractivity contribution in [2.24, 2.45) is 0 Å². The van der Waals surface area contributed by atoms with Gasteiger partial charge in [0.05, 0.1) is 25.4 Å². The van der Waals surface area contributed by atoms with Gasteiger partial charge in [0.15, 0.2) is 0 Å². The molecule has 0 saturated carbocycles. The van der Waals surface area contributed by atoms with E-state index < -0.39 is 0 Å². The van der Waals surface area contributed by atoms with Crippen molar-refractivity contribution in [2.45, 2.75) is 6.42 Å². The van der Waals surface area contributed by atoms with Gasteiger partial charge in [-0.05, 0) is 18.2 Å². The Bertz CT molecular complexity index is 404. The van der Waals surface area contributed by atoms with Gasteiger partial charge in [-0.15, -0.1) is 0 Å². The van der Waals surface area contributed by atoms with Crippen LogP contribution in [0.15, 0.2) is 22.7 Å². The molecule has 0 amide bonds. The van der Waals surface area contributed by atoms with Crippen LogP contribution >= 0.6 is 15.9 Å². The molecule has 0 N–H and O–H groups in total. The second-order valence-electron chi connectivity index (χ2n) is 3.56. The van der Waals surface area contributed by atoms with Crippen LogP contribution in [0.5, 0.6) is 5.75 Å². The van der Waals surface area contributed by atoms with Crippen molar-refractivity contribution in [2.75, 3.05) is 33.5 Å². The average Bonchev–Trinajstić information content (AvgIpc) is 2.38. The van der Waals surface area contributed by atoms with E-state index in [0.29, 0.717) is 37.7 Å². The van der Waals surface area contributed by atoms with Crippen LogP contribution < -0.4 is 4.74 Å². The molecule has 0 aliphatic carbocycles. The van der Waals surface area contributed by atoms with Gasteiger partial charge in [0.2, 0.25) is 0 Å². The summed E-state index contributed by atoms with van der Waals surface area (Å²) >= 11 is 3.35. The number of nitrogens with zero attached hydrogens (tertiary/aromatic N) is 1. The topological polar surface area (TPSA) is 51.5 Å². The van der Waals surface area contributed by atoms with E-state index >= 15 is 0 Å². The molecular weight excluding hydrogens is 298 g/mol. The standard InChI is InChI=1S/C13H16BrNO3/c1-16-7-8-17-5-2-6-18-13-9-12(14)4-3-11(13)10-15/h3-4,9H,2,5-8H2,1H3. The molecule has 0 fully saturated rings. The van der Waals surface area contributed by atoms with Crippen LogP contribution in [-0.4, -0.2) is 33.5 Å². The predicted molar refractivity (Wildman–Crippen MR) is 71.7 cm³/mol. The minimum atomic E-state index is 0.526. The van der Waals surface area contributed by atoms with Gasteiger partial charge in [-0.25, -0.2) is 0 Å². The van der Waals surface area contributed by atoms with Gasteiger partial charge < -0.3 is 14.2 Å². The van der Waals surface area contributed by atoms with Gasteiger partial charge in [-0.1, -0.05) is 15.9 Å². The zero-order valence-electron chi connectivity index (χ0n) is 10.3. The third kappa shape index (κ3) is 5.50. The first-order valence-electron chi connectivity index (χ1n) is 5.67. The number of halogens is 1. The highest BCUT2D eigenvalue weighted by atomic mass is 79.9. The molecule has 18 heavy (non-hydrogen) atoms. The van der Waals surface area contributed by atoms with Crippen molar-refractivity contribution in [1.82, 2.24) is 0 Å². The van der Waals surface area contributed by atoms with E-state index in [1.54, 1.807) is 19.2 Å². The van der Waals surface area contributed by atoms with Crippen LogP contribution in [0, 0.1) is 11.3 Å². The largest absolute Gasteiger partial charge is 0.492 e. The molecule has 4 nitrogen and oxygen atoms in total. The second kappa shape index (κ2) is 8.92. The summed E-state index contributed by atoms with van der Waals surface area (Å²) in [6.07, 6.45) is 0.779. The van der Waals surface area contributed by atoms with E-state index in [0.717, 1.165) is 10.9 Å². The van der Waals surface area contributed by atoms with Crippen LogP contribution in [0.1, 0.15) is 12.0 Å². The van der Waals surface area contributed by atoms with Crippen LogP contribution in [0.25, 0.3) is 0 Å².